The van der Waals surface area contributed by atoms with Crippen molar-refractivity contribution in [1.82, 2.24) is 0 Å². The van der Waals surface area contributed by atoms with Gasteiger partial charge in [0.1, 0.15) is 0 Å². The van der Waals surface area contributed by atoms with Crippen LogP contribution in [0.5, 0.6) is 0 Å². The highest BCUT2D eigenvalue weighted by Gasteiger charge is 2.55. The Labute approximate surface area is 202 Å². The maximum Gasteiger partial charge on any atom is 0.0584 e. The van der Waals surface area contributed by atoms with E-state index in [2.05, 4.69) is 102 Å². The van der Waals surface area contributed by atoms with Gasteiger partial charge in [-0.05, 0) is 53.5 Å². The SMILES string of the molecule is CC1C=CC2C(=C1)C([Si](C)(C)C1CC(C[Si](C)(C)C)C3C=CC=CC31)CC2C[Si](C)(C)C. The molecule has 0 amide bonds. The molecule has 0 spiro atoms. The molecule has 0 radical (unpaired) electrons. The van der Waals surface area contributed by atoms with Gasteiger partial charge in [-0.15, -0.1) is 0 Å². The van der Waals surface area contributed by atoms with Gasteiger partial charge in [0.05, 0.1) is 8.07 Å². The summed E-state index contributed by atoms with van der Waals surface area (Å²) in [5.74, 6) is 4.86. The van der Waals surface area contributed by atoms with Gasteiger partial charge < -0.3 is 0 Å². The predicted octanol–water partition coefficient (Wildman–Crippen LogP) is 9.26. The first-order chi connectivity index (χ1) is 14.8. The van der Waals surface area contributed by atoms with Crippen LogP contribution in [0.1, 0.15) is 19.8 Å². The maximum atomic E-state index is 2.81. The molecule has 32 heavy (non-hydrogen) atoms. The Hall–Kier alpha value is -0.389. The maximum absolute atomic E-state index is 2.81. The standard InChI is InChI=1S/C29H50Si3/c1-21-14-15-25-23(20-31(5,6)7)18-29(27(25)16-21)32(8,9)28-17-22(19-30(2,3)4)24-12-10-11-13-26(24)28/h10-16,21-26,28-29H,17-20H2,1-9H3. The van der Waals surface area contributed by atoms with Crippen molar-refractivity contribution in [3.05, 3.63) is 48.1 Å². The van der Waals surface area contributed by atoms with E-state index < -0.39 is 24.2 Å². The zero-order valence-corrected chi connectivity index (χ0v) is 25.5. The molecular weight excluding hydrogens is 433 g/mol. The van der Waals surface area contributed by atoms with Crippen molar-refractivity contribution in [1.29, 1.82) is 0 Å². The summed E-state index contributed by atoms with van der Waals surface area (Å²) in [6, 6.07) is 3.02. The van der Waals surface area contributed by atoms with Crippen LogP contribution in [0.4, 0.5) is 0 Å². The number of hydrogen-bond acceptors (Lipinski definition) is 0. The van der Waals surface area contributed by atoms with E-state index in [4.69, 9.17) is 0 Å². The molecular formula is C29H50Si3. The lowest BCUT2D eigenvalue weighted by atomic mass is 9.87. The lowest BCUT2D eigenvalue weighted by Gasteiger charge is -2.41. The number of rotatable bonds is 6. The summed E-state index contributed by atoms with van der Waals surface area (Å²) < 4.78 is 0. The van der Waals surface area contributed by atoms with Crippen molar-refractivity contribution in [2.45, 2.75) is 95.3 Å². The molecule has 0 aliphatic heterocycles. The molecule has 4 aliphatic carbocycles. The van der Waals surface area contributed by atoms with Crippen molar-refractivity contribution in [2.24, 2.45) is 35.5 Å². The zero-order chi connectivity index (χ0) is 23.5. The third-order valence-electron chi connectivity index (χ3n) is 9.30. The second kappa shape index (κ2) is 8.68. The number of allylic oxidation sites excluding steroid dienone is 8. The molecule has 0 nitrogen and oxygen atoms in total. The summed E-state index contributed by atoms with van der Waals surface area (Å²) in [7, 11) is -3.59. The zero-order valence-electron chi connectivity index (χ0n) is 22.5. The van der Waals surface area contributed by atoms with Crippen LogP contribution < -0.4 is 0 Å². The Morgan fingerprint density at radius 2 is 1.31 bits per heavy atom. The fourth-order valence-electron chi connectivity index (χ4n) is 8.19. The molecule has 0 heterocycles. The molecule has 0 aromatic heterocycles. The monoisotopic (exact) mass is 482 g/mol. The van der Waals surface area contributed by atoms with Gasteiger partial charge in [-0.25, -0.2) is 0 Å². The predicted molar refractivity (Wildman–Crippen MR) is 153 cm³/mol. The van der Waals surface area contributed by atoms with Gasteiger partial charge >= 0.3 is 0 Å². The fraction of sp³-hybridized carbons (Fsp3) is 0.724. The number of fused-ring (bicyclic) bond motifs is 2. The average molecular weight is 483 g/mol. The Morgan fingerprint density at radius 1 is 0.719 bits per heavy atom. The van der Waals surface area contributed by atoms with E-state index in [-0.39, 0.29) is 0 Å². The quantitative estimate of drug-likeness (QED) is 0.261. The van der Waals surface area contributed by atoms with Crippen molar-refractivity contribution < 1.29 is 0 Å². The lowest BCUT2D eigenvalue weighted by Crippen LogP contribution is -2.40. The highest BCUT2D eigenvalue weighted by Crippen LogP contribution is 2.62. The third kappa shape index (κ3) is 5.00. The normalized spacial score (nSPS) is 39.2. The van der Waals surface area contributed by atoms with E-state index >= 15 is 0 Å². The highest BCUT2D eigenvalue weighted by molar-refractivity contribution is 6.81. The summed E-state index contributed by atoms with van der Waals surface area (Å²) in [5, 5.41) is 0. The largest absolute Gasteiger partial charge is 0.0813 e. The van der Waals surface area contributed by atoms with Crippen molar-refractivity contribution in [2.75, 3.05) is 0 Å². The molecule has 8 unspecified atom stereocenters. The van der Waals surface area contributed by atoms with Crippen LogP contribution in [0.25, 0.3) is 0 Å². The van der Waals surface area contributed by atoms with Gasteiger partial charge in [0.2, 0.25) is 0 Å². The second-order valence-corrected chi connectivity index (χ2v) is 31.0. The van der Waals surface area contributed by atoms with Gasteiger partial charge in [-0.1, -0.05) is 119 Å². The van der Waals surface area contributed by atoms with Gasteiger partial charge in [0.25, 0.3) is 0 Å². The molecule has 4 rings (SSSR count). The van der Waals surface area contributed by atoms with E-state index in [1.807, 2.05) is 5.57 Å². The topological polar surface area (TPSA) is 0 Å². The van der Waals surface area contributed by atoms with Crippen LogP contribution in [-0.2, 0) is 0 Å². The smallest absolute Gasteiger partial charge is 0.0584 e. The second-order valence-electron chi connectivity index (χ2n) is 14.9. The van der Waals surface area contributed by atoms with Crippen molar-refractivity contribution >= 4 is 24.2 Å². The average Bonchev–Trinajstić information content (AvgIpc) is 3.19. The van der Waals surface area contributed by atoms with Crippen LogP contribution in [0, 0.1) is 35.5 Å². The minimum absolute atomic E-state index is 0.632. The van der Waals surface area contributed by atoms with E-state index in [9.17, 15) is 0 Å². The first-order valence-electron chi connectivity index (χ1n) is 13.5. The molecule has 0 saturated heterocycles. The summed E-state index contributed by atoms with van der Waals surface area (Å²) in [5.41, 5.74) is 3.74. The van der Waals surface area contributed by atoms with Crippen molar-refractivity contribution in [3.63, 3.8) is 0 Å². The molecule has 2 fully saturated rings. The van der Waals surface area contributed by atoms with Gasteiger partial charge in [-0.2, -0.15) is 0 Å². The Balaban J connectivity index is 1.64. The highest BCUT2D eigenvalue weighted by atomic mass is 28.3. The van der Waals surface area contributed by atoms with Crippen LogP contribution in [-0.4, -0.2) is 24.2 Å². The van der Waals surface area contributed by atoms with E-state index in [0.717, 1.165) is 40.7 Å². The lowest BCUT2D eigenvalue weighted by molar-refractivity contribution is 0.446. The van der Waals surface area contributed by atoms with Crippen molar-refractivity contribution in [3.8, 4) is 0 Å². The van der Waals surface area contributed by atoms with E-state index in [1.165, 1.54) is 24.9 Å². The summed E-state index contributed by atoms with van der Waals surface area (Å²) in [6.45, 7) is 23.5. The molecule has 0 N–H and O–H groups in total. The van der Waals surface area contributed by atoms with E-state index in [0.29, 0.717) is 5.92 Å². The molecule has 8 atom stereocenters. The first-order valence-corrected chi connectivity index (χ1v) is 24.1. The molecule has 0 aromatic rings. The summed E-state index contributed by atoms with van der Waals surface area (Å²) >= 11 is 0. The van der Waals surface area contributed by atoms with Gasteiger partial charge in [0, 0.05) is 22.1 Å². The van der Waals surface area contributed by atoms with Crippen LogP contribution >= 0.6 is 0 Å². The van der Waals surface area contributed by atoms with Crippen LogP contribution in [0.15, 0.2) is 48.1 Å². The van der Waals surface area contributed by atoms with Gasteiger partial charge in [0.15, 0.2) is 0 Å². The Kier molecular flexibility index (Phi) is 6.71. The minimum atomic E-state index is -1.47. The fourth-order valence-corrected chi connectivity index (χ4v) is 17.0. The Morgan fingerprint density at radius 3 is 1.94 bits per heavy atom. The molecule has 0 aromatic carbocycles. The Bertz CT molecular complexity index is 816. The number of hydrogen-bond donors (Lipinski definition) is 0. The van der Waals surface area contributed by atoms with Gasteiger partial charge in [-0.3, -0.25) is 0 Å². The minimum Gasteiger partial charge on any atom is -0.0813 e. The summed E-state index contributed by atoms with van der Waals surface area (Å²) in [4.78, 5) is 0. The first kappa shape index (κ1) is 24.7. The van der Waals surface area contributed by atoms with E-state index in [1.54, 1.807) is 0 Å². The molecule has 178 valence electrons. The third-order valence-corrected chi connectivity index (χ3v) is 17.7. The van der Waals surface area contributed by atoms with Crippen LogP contribution in [0.3, 0.4) is 0 Å². The summed E-state index contributed by atoms with van der Waals surface area (Å²) in [6.07, 6.45) is 20.9. The molecule has 3 heteroatoms. The van der Waals surface area contributed by atoms with Crippen LogP contribution in [0.2, 0.25) is 75.5 Å². The molecule has 0 bridgehead atoms. The molecule has 2 saturated carbocycles. The molecule has 4 aliphatic rings.